The molecule has 0 radical (unpaired) electrons. The topological polar surface area (TPSA) is 35.5 Å². The van der Waals surface area contributed by atoms with Crippen LogP contribution in [-0.4, -0.2) is 37.4 Å². The van der Waals surface area contributed by atoms with Gasteiger partial charge in [0.05, 0.1) is 12.1 Å². The zero-order chi connectivity index (χ0) is 12.5. The zero-order valence-electron chi connectivity index (χ0n) is 10.3. The maximum absolute atomic E-state index is 9.48. The molecule has 1 aliphatic heterocycles. The van der Waals surface area contributed by atoms with Crippen molar-refractivity contribution in [3.63, 3.8) is 0 Å². The highest BCUT2D eigenvalue weighted by Crippen LogP contribution is 2.30. The molecule has 3 nitrogen and oxygen atoms in total. The van der Waals surface area contributed by atoms with Crippen LogP contribution in [0.3, 0.4) is 0 Å². The van der Waals surface area contributed by atoms with Crippen molar-refractivity contribution in [2.45, 2.75) is 18.9 Å². The first-order valence-corrected chi connectivity index (χ1v) is 6.29. The summed E-state index contributed by atoms with van der Waals surface area (Å²) in [5, 5.41) is 13.5. The lowest BCUT2D eigenvalue weighted by atomic mass is 10.0. The van der Waals surface area contributed by atoms with E-state index >= 15 is 0 Å². The molecule has 0 saturated carbocycles. The molecule has 1 unspecified atom stereocenters. The van der Waals surface area contributed by atoms with E-state index in [-0.39, 0.29) is 12.1 Å². The van der Waals surface area contributed by atoms with Gasteiger partial charge < -0.3 is 15.3 Å². The van der Waals surface area contributed by atoms with Gasteiger partial charge in [0, 0.05) is 23.8 Å². The Morgan fingerprint density at radius 3 is 2.82 bits per heavy atom. The number of anilines is 1. The molecule has 2 N–H and O–H groups in total. The van der Waals surface area contributed by atoms with Gasteiger partial charge in [-0.1, -0.05) is 11.6 Å². The van der Waals surface area contributed by atoms with E-state index < -0.39 is 0 Å². The fraction of sp³-hybridized carbons (Fsp3) is 0.538. The number of hydrogen-bond acceptors (Lipinski definition) is 3. The zero-order valence-corrected chi connectivity index (χ0v) is 11.1. The van der Waals surface area contributed by atoms with Crippen molar-refractivity contribution >= 4 is 17.3 Å². The van der Waals surface area contributed by atoms with Gasteiger partial charge in [0.2, 0.25) is 0 Å². The van der Waals surface area contributed by atoms with Crippen LogP contribution in [0.5, 0.6) is 0 Å². The molecule has 1 fully saturated rings. The molecule has 0 amide bonds. The molecule has 2 rings (SSSR count). The van der Waals surface area contributed by atoms with Crippen LogP contribution in [0.1, 0.15) is 12.0 Å². The summed E-state index contributed by atoms with van der Waals surface area (Å²) in [4.78, 5) is 2.30. The van der Waals surface area contributed by atoms with Crippen LogP contribution in [-0.2, 0) is 0 Å². The van der Waals surface area contributed by atoms with Gasteiger partial charge in [-0.2, -0.15) is 0 Å². The van der Waals surface area contributed by atoms with Gasteiger partial charge in [-0.05, 0) is 44.2 Å². The number of nitrogens with zero attached hydrogens (tertiary/aromatic N) is 1. The number of aliphatic hydroxyl groups excluding tert-OH is 1. The van der Waals surface area contributed by atoms with Gasteiger partial charge in [-0.3, -0.25) is 0 Å². The molecule has 0 aliphatic carbocycles. The normalized spacial score (nSPS) is 24.4. The van der Waals surface area contributed by atoms with Crippen molar-refractivity contribution < 1.29 is 5.11 Å². The number of benzene rings is 1. The maximum atomic E-state index is 9.48. The first-order valence-electron chi connectivity index (χ1n) is 5.91. The molecular formula is C13H19ClN2O. The first-order chi connectivity index (χ1) is 8.10. The Balaban J connectivity index is 2.20. The number of aryl methyl sites for hydroxylation is 1. The first kappa shape index (κ1) is 12.7. The van der Waals surface area contributed by atoms with Crippen molar-refractivity contribution in [2.75, 3.05) is 31.6 Å². The summed E-state index contributed by atoms with van der Waals surface area (Å²) in [7, 11) is 1.91. The minimum Gasteiger partial charge on any atom is -0.394 e. The highest BCUT2D eigenvalue weighted by atomic mass is 35.5. The molecule has 94 valence electrons. The molecule has 1 atom stereocenters. The fourth-order valence-electron chi connectivity index (χ4n) is 2.46. The predicted octanol–water partition coefficient (Wildman–Crippen LogP) is 1.81. The van der Waals surface area contributed by atoms with Gasteiger partial charge in [0.15, 0.2) is 0 Å². The highest BCUT2D eigenvalue weighted by Gasteiger charge is 2.36. The Morgan fingerprint density at radius 1 is 1.53 bits per heavy atom. The lowest BCUT2D eigenvalue weighted by Crippen LogP contribution is -2.48. The van der Waals surface area contributed by atoms with Gasteiger partial charge in [0.1, 0.15) is 0 Å². The molecule has 1 aromatic rings. The summed E-state index contributed by atoms with van der Waals surface area (Å²) in [6.45, 7) is 4.04. The van der Waals surface area contributed by atoms with E-state index in [9.17, 15) is 5.11 Å². The molecular weight excluding hydrogens is 236 g/mol. The van der Waals surface area contributed by atoms with Crippen LogP contribution in [0.15, 0.2) is 18.2 Å². The van der Waals surface area contributed by atoms with Crippen molar-refractivity contribution in [1.82, 2.24) is 5.32 Å². The molecule has 1 aromatic carbocycles. The van der Waals surface area contributed by atoms with E-state index in [1.807, 2.05) is 19.2 Å². The summed E-state index contributed by atoms with van der Waals surface area (Å²) in [5.41, 5.74) is 2.23. The standard InChI is InChI=1S/C13H19ClN2O/c1-10-7-11(14)3-4-12(10)16-6-5-13(8-16,9-17)15-2/h3-4,7,15,17H,5-6,8-9H2,1-2H3. The van der Waals surface area contributed by atoms with E-state index in [0.29, 0.717) is 0 Å². The van der Waals surface area contributed by atoms with Crippen molar-refractivity contribution in [2.24, 2.45) is 0 Å². The predicted molar refractivity (Wildman–Crippen MR) is 71.9 cm³/mol. The Hall–Kier alpha value is -0.770. The van der Waals surface area contributed by atoms with Crippen LogP contribution in [0, 0.1) is 6.92 Å². The Labute approximate surface area is 107 Å². The summed E-state index contributed by atoms with van der Waals surface area (Å²) in [5.74, 6) is 0. The lowest BCUT2D eigenvalue weighted by molar-refractivity contribution is 0.184. The molecule has 0 bridgehead atoms. The number of halogens is 1. The van der Waals surface area contributed by atoms with Crippen LogP contribution < -0.4 is 10.2 Å². The Kier molecular flexibility index (Phi) is 3.61. The van der Waals surface area contributed by atoms with E-state index in [1.165, 1.54) is 11.3 Å². The summed E-state index contributed by atoms with van der Waals surface area (Å²) in [6, 6.07) is 5.96. The van der Waals surface area contributed by atoms with Crippen molar-refractivity contribution in [1.29, 1.82) is 0 Å². The van der Waals surface area contributed by atoms with Crippen LogP contribution >= 0.6 is 11.6 Å². The minimum atomic E-state index is -0.161. The van der Waals surface area contributed by atoms with Gasteiger partial charge >= 0.3 is 0 Å². The van der Waals surface area contributed by atoms with Crippen LogP contribution in [0.25, 0.3) is 0 Å². The van der Waals surface area contributed by atoms with Gasteiger partial charge in [-0.25, -0.2) is 0 Å². The quantitative estimate of drug-likeness (QED) is 0.864. The number of nitrogens with one attached hydrogen (secondary N) is 1. The smallest absolute Gasteiger partial charge is 0.0631 e. The van der Waals surface area contributed by atoms with Crippen LogP contribution in [0.4, 0.5) is 5.69 Å². The van der Waals surface area contributed by atoms with E-state index in [4.69, 9.17) is 11.6 Å². The summed E-state index contributed by atoms with van der Waals surface area (Å²) >= 11 is 5.96. The summed E-state index contributed by atoms with van der Waals surface area (Å²) < 4.78 is 0. The van der Waals surface area contributed by atoms with Crippen LogP contribution in [0.2, 0.25) is 5.02 Å². The fourth-order valence-corrected chi connectivity index (χ4v) is 2.69. The molecule has 0 aromatic heterocycles. The third kappa shape index (κ3) is 2.41. The number of likely N-dealkylation sites (N-methyl/N-ethyl adjacent to an activating group) is 1. The highest BCUT2D eigenvalue weighted by molar-refractivity contribution is 6.30. The second-order valence-corrected chi connectivity index (χ2v) is 5.23. The monoisotopic (exact) mass is 254 g/mol. The largest absolute Gasteiger partial charge is 0.394 e. The van der Waals surface area contributed by atoms with Gasteiger partial charge in [-0.15, -0.1) is 0 Å². The maximum Gasteiger partial charge on any atom is 0.0631 e. The molecule has 1 aliphatic rings. The SMILES string of the molecule is CNC1(CO)CCN(c2ccc(Cl)cc2C)C1. The third-order valence-electron chi connectivity index (χ3n) is 3.69. The van der Waals surface area contributed by atoms with E-state index in [1.54, 1.807) is 0 Å². The number of hydrogen-bond donors (Lipinski definition) is 2. The lowest BCUT2D eigenvalue weighted by Gasteiger charge is -2.28. The minimum absolute atomic E-state index is 0.161. The van der Waals surface area contributed by atoms with Crippen molar-refractivity contribution in [3.8, 4) is 0 Å². The molecule has 17 heavy (non-hydrogen) atoms. The number of rotatable bonds is 3. The van der Waals surface area contributed by atoms with Gasteiger partial charge in [0.25, 0.3) is 0 Å². The molecule has 1 saturated heterocycles. The average Bonchev–Trinajstić information content (AvgIpc) is 2.74. The third-order valence-corrected chi connectivity index (χ3v) is 3.92. The molecule has 0 spiro atoms. The second kappa shape index (κ2) is 4.84. The average molecular weight is 255 g/mol. The van der Waals surface area contributed by atoms with Crippen molar-refractivity contribution in [3.05, 3.63) is 28.8 Å². The van der Waals surface area contributed by atoms with E-state index in [2.05, 4.69) is 23.2 Å². The Morgan fingerprint density at radius 2 is 2.29 bits per heavy atom. The van der Waals surface area contributed by atoms with E-state index in [0.717, 1.165) is 24.5 Å². The summed E-state index contributed by atoms with van der Waals surface area (Å²) in [6.07, 6.45) is 0.960. The Bertz CT molecular complexity index is 404. The molecule has 1 heterocycles. The number of aliphatic hydroxyl groups is 1. The second-order valence-electron chi connectivity index (χ2n) is 4.79. The molecule has 4 heteroatoms.